The molecule has 6 rings (SSSR count). The summed E-state index contributed by atoms with van der Waals surface area (Å²) in [5.74, 6) is -0.119. The Morgan fingerprint density at radius 1 is 1.03 bits per heavy atom. The van der Waals surface area contributed by atoms with E-state index in [2.05, 4.69) is 9.88 Å². The van der Waals surface area contributed by atoms with Crippen LogP contribution in [0, 0.1) is 0 Å². The molecule has 5 aromatic rings. The number of aromatic nitrogens is 3. The molecule has 0 aliphatic carbocycles. The second kappa shape index (κ2) is 9.43. The van der Waals surface area contributed by atoms with Crippen molar-refractivity contribution in [2.24, 2.45) is 7.05 Å². The standard InChI is InChI=1S/C30H27N5O4/c1-33(2)28(37)20-13-14-21-19(17-20)15-16-35(25(21)18-9-5-4-6-10-18)30-32-24(26(36)29(38)34(30)3)27-31-22-11-7-8-12-23(22)39-27/h4-14,17,25,36H,15-16H2,1-3H3. The number of rotatable bonds is 4. The van der Waals surface area contributed by atoms with Crippen molar-refractivity contribution >= 4 is 23.0 Å². The number of aromatic hydroxyl groups is 1. The number of benzene rings is 3. The Morgan fingerprint density at radius 3 is 2.51 bits per heavy atom. The Kier molecular flexibility index (Phi) is 5.91. The maximum Gasteiger partial charge on any atom is 0.297 e. The van der Waals surface area contributed by atoms with E-state index in [1.807, 2.05) is 60.7 Å². The number of hydrogen-bond donors (Lipinski definition) is 1. The van der Waals surface area contributed by atoms with Crippen LogP contribution in [0.3, 0.4) is 0 Å². The normalized spacial score (nSPS) is 14.8. The van der Waals surface area contributed by atoms with Gasteiger partial charge >= 0.3 is 0 Å². The quantitative estimate of drug-likeness (QED) is 0.379. The smallest absolute Gasteiger partial charge is 0.297 e. The third-order valence-corrected chi connectivity index (χ3v) is 7.14. The van der Waals surface area contributed by atoms with Gasteiger partial charge in [-0.25, -0.2) is 9.97 Å². The lowest BCUT2D eigenvalue weighted by atomic mass is 9.87. The second-order valence-electron chi connectivity index (χ2n) is 9.83. The fourth-order valence-electron chi connectivity index (χ4n) is 5.19. The molecule has 9 heteroatoms. The highest BCUT2D eigenvalue weighted by Crippen LogP contribution is 2.39. The molecule has 39 heavy (non-hydrogen) atoms. The highest BCUT2D eigenvalue weighted by Gasteiger charge is 2.33. The largest absolute Gasteiger partial charge is 0.501 e. The molecule has 1 N–H and O–H groups in total. The molecule has 0 bridgehead atoms. The van der Waals surface area contributed by atoms with Crippen molar-refractivity contribution in [2.45, 2.75) is 12.5 Å². The third kappa shape index (κ3) is 4.12. The molecule has 0 radical (unpaired) electrons. The minimum absolute atomic E-state index is 0.00571. The van der Waals surface area contributed by atoms with E-state index in [1.165, 1.54) is 4.57 Å². The first-order valence-corrected chi connectivity index (χ1v) is 12.7. The number of hydrogen-bond acceptors (Lipinski definition) is 7. The van der Waals surface area contributed by atoms with Crippen LogP contribution < -0.4 is 10.5 Å². The third-order valence-electron chi connectivity index (χ3n) is 7.14. The maximum atomic E-state index is 13.2. The monoisotopic (exact) mass is 521 g/mol. The van der Waals surface area contributed by atoms with Crippen LogP contribution in [0.1, 0.15) is 33.1 Å². The molecule has 0 fully saturated rings. The number of para-hydroxylation sites is 2. The van der Waals surface area contributed by atoms with Crippen LogP contribution in [0.25, 0.3) is 22.7 Å². The first-order chi connectivity index (χ1) is 18.8. The average Bonchev–Trinajstić information content (AvgIpc) is 3.39. The second-order valence-corrected chi connectivity index (χ2v) is 9.83. The van der Waals surface area contributed by atoms with E-state index >= 15 is 0 Å². The van der Waals surface area contributed by atoms with Gasteiger partial charge in [0, 0.05) is 33.3 Å². The summed E-state index contributed by atoms with van der Waals surface area (Å²) < 4.78 is 7.21. The Balaban J connectivity index is 1.52. The summed E-state index contributed by atoms with van der Waals surface area (Å²) in [5.41, 5.74) is 4.27. The van der Waals surface area contributed by atoms with E-state index in [0.717, 1.165) is 16.7 Å². The molecule has 1 aliphatic heterocycles. The maximum absolute atomic E-state index is 13.2. The van der Waals surface area contributed by atoms with Crippen LogP contribution in [0.2, 0.25) is 0 Å². The van der Waals surface area contributed by atoms with Crippen LogP contribution in [0.4, 0.5) is 5.95 Å². The van der Waals surface area contributed by atoms with Crippen LogP contribution in [-0.4, -0.2) is 51.1 Å². The van der Waals surface area contributed by atoms with Gasteiger partial charge in [0.05, 0.1) is 6.04 Å². The van der Waals surface area contributed by atoms with E-state index in [4.69, 9.17) is 9.40 Å². The summed E-state index contributed by atoms with van der Waals surface area (Å²) in [5, 5.41) is 10.8. The number of carbonyl (C=O) groups is 1. The van der Waals surface area contributed by atoms with Crippen molar-refractivity contribution < 1.29 is 14.3 Å². The molecule has 196 valence electrons. The zero-order valence-corrected chi connectivity index (χ0v) is 21.8. The molecular weight excluding hydrogens is 494 g/mol. The summed E-state index contributed by atoms with van der Waals surface area (Å²) in [7, 11) is 5.07. The molecule has 1 amide bonds. The van der Waals surface area contributed by atoms with Gasteiger partial charge in [-0.2, -0.15) is 0 Å². The van der Waals surface area contributed by atoms with Gasteiger partial charge in [0.2, 0.25) is 11.7 Å². The topological polar surface area (TPSA) is 105 Å². The van der Waals surface area contributed by atoms with E-state index in [1.54, 1.807) is 38.2 Å². The highest BCUT2D eigenvalue weighted by atomic mass is 16.4. The molecule has 0 saturated heterocycles. The molecule has 1 aliphatic rings. The van der Waals surface area contributed by atoms with E-state index in [9.17, 15) is 14.7 Å². The first kappa shape index (κ1) is 24.4. The van der Waals surface area contributed by atoms with E-state index < -0.39 is 11.3 Å². The number of oxazole rings is 1. The van der Waals surface area contributed by atoms with Gasteiger partial charge in [-0.05, 0) is 47.4 Å². The Labute approximate surface area is 224 Å². The SMILES string of the molecule is CN(C)C(=O)c1ccc2c(c1)CCN(c1nc(-c3nc4ccccc4o3)c(O)c(=O)n1C)C2c1ccccc1. The summed E-state index contributed by atoms with van der Waals surface area (Å²) in [6.07, 6.45) is 0.641. The lowest BCUT2D eigenvalue weighted by Crippen LogP contribution is -2.40. The predicted molar refractivity (Wildman–Crippen MR) is 148 cm³/mol. The Morgan fingerprint density at radius 2 is 1.77 bits per heavy atom. The number of nitrogens with zero attached hydrogens (tertiary/aromatic N) is 5. The van der Waals surface area contributed by atoms with Crippen LogP contribution >= 0.6 is 0 Å². The molecule has 0 spiro atoms. The average molecular weight is 522 g/mol. The Hall–Kier alpha value is -4.92. The van der Waals surface area contributed by atoms with Gasteiger partial charge in [-0.15, -0.1) is 0 Å². The predicted octanol–water partition coefficient (Wildman–Crippen LogP) is 4.15. The molecule has 2 aromatic heterocycles. The Bertz CT molecular complexity index is 1740. The molecule has 3 aromatic carbocycles. The zero-order chi connectivity index (χ0) is 27.3. The molecule has 1 atom stereocenters. The minimum Gasteiger partial charge on any atom is -0.501 e. The molecule has 3 heterocycles. The minimum atomic E-state index is -0.596. The van der Waals surface area contributed by atoms with Crippen LogP contribution in [0.5, 0.6) is 5.75 Å². The summed E-state index contributed by atoms with van der Waals surface area (Å²) in [6, 6.07) is 22.7. The van der Waals surface area contributed by atoms with Crippen molar-refractivity contribution in [3.63, 3.8) is 0 Å². The van der Waals surface area contributed by atoms with Crippen LogP contribution in [0.15, 0.2) is 82.0 Å². The summed E-state index contributed by atoms with van der Waals surface area (Å²) >= 11 is 0. The van der Waals surface area contributed by atoms with Crippen LogP contribution in [-0.2, 0) is 13.5 Å². The van der Waals surface area contributed by atoms with Crippen molar-refractivity contribution in [3.05, 3.63) is 105 Å². The van der Waals surface area contributed by atoms with Crippen molar-refractivity contribution in [2.75, 3.05) is 25.5 Å². The lowest BCUT2D eigenvalue weighted by Gasteiger charge is -2.39. The van der Waals surface area contributed by atoms with Gasteiger partial charge < -0.3 is 19.3 Å². The lowest BCUT2D eigenvalue weighted by molar-refractivity contribution is 0.0827. The summed E-state index contributed by atoms with van der Waals surface area (Å²) in [6.45, 7) is 0.532. The zero-order valence-electron chi connectivity index (χ0n) is 21.8. The van der Waals surface area contributed by atoms with Gasteiger partial charge in [0.25, 0.3) is 17.4 Å². The van der Waals surface area contributed by atoms with Gasteiger partial charge in [-0.1, -0.05) is 48.5 Å². The van der Waals surface area contributed by atoms with Crippen molar-refractivity contribution in [1.82, 2.24) is 19.4 Å². The van der Waals surface area contributed by atoms with Crippen molar-refractivity contribution in [1.29, 1.82) is 0 Å². The van der Waals surface area contributed by atoms with Gasteiger partial charge in [0.15, 0.2) is 11.3 Å². The van der Waals surface area contributed by atoms with Gasteiger partial charge in [0.1, 0.15) is 5.52 Å². The van der Waals surface area contributed by atoms with E-state index in [-0.39, 0.29) is 23.5 Å². The number of amides is 1. The van der Waals surface area contributed by atoms with E-state index in [0.29, 0.717) is 35.6 Å². The summed E-state index contributed by atoms with van der Waals surface area (Å²) in [4.78, 5) is 38.7. The molecule has 0 saturated carbocycles. The number of anilines is 1. The molecular formula is C30H27N5O4. The molecule has 1 unspecified atom stereocenters. The number of fused-ring (bicyclic) bond motifs is 2. The van der Waals surface area contributed by atoms with Crippen molar-refractivity contribution in [3.8, 4) is 17.3 Å². The molecule has 9 nitrogen and oxygen atoms in total. The number of carbonyl (C=O) groups excluding carboxylic acids is 1. The first-order valence-electron chi connectivity index (χ1n) is 12.7. The highest BCUT2D eigenvalue weighted by molar-refractivity contribution is 5.94. The van der Waals surface area contributed by atoms with Gasteiger partial charge in [-0.3, -0.25) is 14.2 Å². The fourth-order valence-corrected chi connectivity index (χ4v) is 5.19. The fraction of sp³-hybridized carbons (Fsp3) is 0.200.